The normalized spacial score (nSPS) is 26.8. The average Bonchev–Trinajstić information content (AvgIpc) is 2.84. The van der Waals surface area contributed by atoms with Gasteiger partial charge < -0.3 is 14.7 Å². The fourth-order valence-electron chi connectivity index (χ4n) is 3.20. The van der Waals surface area contributed by atoms with Crippen LogP contribution in [0.15, 0.2) is 23.1 Å². The Bertz CT molecular complexity index is 761. The van der Waals surface area contributed by atoms with Crippen molar-refractivity contribution in [3.8, 4) is 5.75 Å². The van der Waals surface area contributed by atoms with Crippen LogP contribution in [0, 0.1) is 0 Å². The molecule has 0 aliphatic carbocycles. The molecule has 0 unspecified atom stereocenters. The molecule has 0 saturated carbocycles. The van der Waals surface area contributed by atoms with Crippen molar-refractivity contribution in [1.82, 2.24) is 4.90 Å². The van der Waals surface area contributed by atoms with E-state index in [4.69, 9.17) is 4.74 Å². The van der Waals surface area contributed by atoms with Gasteiger partial charge in [0.1, 0.15) is 17.5 Å². The van der Waals surface area contributed by atoms with Gasteiger partial charge in [-0.2, -0.15) is 8.42 Å². The summed E-state index contributed by atoms with van der Waals surface area (Å²) < 4.78 is 41.4. The van der Waals surface area contributed by atoms with Crippen molar-refractivity contribution in [2.75, 3.05) is 6.54 Å². The SMILES string of the molecule is CC1(C)Oc2ccc(S(=O)(=O)F)cc2[C@@H](N2CCCC2=O)[C@@H]1O. The Kier molecular flexibility index (Phi) is 3.64. The molecule has 0 spiro atoms. The zero-order valence-electron chi connectivity index (χ0n) is 12.8. The highest BCUT2D eigenvalue weighted by atomic mass is 32.3. The lowest BCUT2D eigenvalue weighted by Crippen LogP contribution is -2.53. The number of aliphatic hydroxyl groups excluding tert-OH is 1. The van der Waals surface area contributed by atoms with Crippen LogP contribution in [0.4, 0.5) is 3.89 Å². The first-order valence-corrected chi connectivity index (χ1v) is 8.75. The van der Waals surface area contributed by atoms with Crippen molar-refractivity contribution in [2.45, 2.75) is 49.3 Å². The molecule has 8 heteroatoms. The number of hydrogen-bond acceptors (Lipinski definition) is 5. The van der Waals surface area contributed by atoms with E-state index in [1.165, 1.54) is 11.0 Å². The molecule has 2 atom stereocenters. The predicted octanol–water partition coefficient (Wildman–Crippen LogP) is 1.54. The Morgan fingerprint density at radius 1 is 1.39 bits per heavy atom. The predicted molar refractivity (Wildman–Crippen MR) is 79.1 cm³/mol. The number of carbonyl (C=O) groups excluding carboxylic acids is 1. The summed E-state index contributed by atoms with van der Waals surface area (Å²) >= 11 is 0. The molecule has 1 amide bonds. The minimum Gasteiger partial charge on any atom is -0.485 e. The summed E-state index contributed by atoms with van der Waals surface area (Å²) in [5, 5.41) is 10.7. The van der Waals surface area contributed by atoms with Crippen LogP contribution in [0.2, 0.25) is 0 Å². The summed E-state index contributed by atoms with van der Waals surface area (Å²) in [4.78, 5) is 13.1. The van der Waals surface area contributed by atoms with E-state index in [1.807, 2.05) is 0 Å². The van der Waals surface area contributed by atoms with Crippen molar-refractivity contribution in [2.24, 2.45) is 0 Å². The van der Waals surface area contributed by atoms with Gasteiger partial charge in [-0.05, 0) is 38.5 Å². The number of rotatable bonds is 2. The molecule has 3 rings (SSSR count). The van der Waals surface area contributed by atoms with Gasteiger partial charge >= 0.3 is 10.2 Å². The van der Waals surface area contributed by atoms with E-state index >= 15 is 0 Å². The van der Waals surface area contributed by atoms with E-state index < -0.39 is 32.9 Å². The molecule has 1 saturated heterocycles. The number of aliphatic hydroxyl groups is 1. The van der Waals surface area contributed by atoms with Crippen molar-refractivity contribution in [3.63, 3.8) is 0 Å². The first-order chi connectivity index (χ1) is 10.6. The highest BCUT2D eigenvalue weighted by Crippen LogP contribution is 2.44. The average molecular weight is 343 g/mol. The zero-order chi connectivity index (χ0) is 17.0. The Labute approximate surface area is 134 Å². The number of ether oxygens (including phenoxy) is 1. The fourth-order valence-corrected chi connectivity index (χ4v) is 3.70. The lowest BCUT2D eigenvalue weighted by atomic mass is 9.85. The van der Waals surface area contributed by atoms with Crippen LogP contribution in [0.3, 0.4) is 0 Å². The second-order valence-corrected chi connectivity index (χ2v) is 7.77. The van der Waals surface area contributed by atoms with Crippen molar-refractivity contribution in [1.29, 1.82) is 0 Å². The maximum Gasteiger partial charge on any atom is 0.332 e. The minimum atomic E-state index is -4.88. The summed E-state index contributed by atoms with van der Waals surface area (Å²) in [6, 6.07) is 2.86. The monoisotopic (exact) mass is 343 g/mol. The second-order valence-electron chi connectivity index (χ2n) is 6.42. The molecule has 0 aromatic heterocycles. The molecule has 1 fully saturated rings. The topological polar surface area (TPSA) is 83.9 Å². The van der Waals surface area contributed by atoms with Crippen LogP contribution in [-0.4, -0.2) is 42.6 Å². The summed E-state index contributed by atoms with van der Waals surface area (Å²) in [5.41, 5.74) is -0.651. The number of halogens is 1. The van der Waals surface area contributed by atoms with Gasteiger partial charge in [-0.3, -0.25) is 4.79 Å². The van der Waals surface area contributed by atoms with Crippen molar-refractivity contribution in [3.05, 3.63) is 23.8 Å². The quantitative estimate of drug-likeness (QED) is 0.824. The van der Waals surface area contributed by atoms with E-state index in [0.29, 0.717) is 30.7 Å². The first-order valence-electron chi connectivity index (χ1n) is 7.36. The largest absolute Gasteiger partial charge is 0.485 e. The summed E-state index contributed by atoms with van der Waals surface area (Å²) in [6.45, 7) is 3.84. The van der Waals surface area contributed by atoms with Gasteiger partial charge in [0.15, 0.2) is 0 Å². The Hall–Kier alpha value is -1.67. The molecule has 1 aromatic rings. The highest BCUT2D eigenvalue weighted by Gasteiger charge is 2.47. The van der Waals surface area contributed by atoms with Crippen LogP contribution < -0.4 is 4.74 Å². The molecule has 0 bridgehead atoms. The number of carbonyl (C=O) groups is 1. The lowest BCUT2D eigenvalue weighted by molar-refractivity contribution is -0.139. The molecule has 1 aromatic carbocycles. The summed E-state index contributed by atoms with van der Waals surface area (Å²) in [5.74, 6) is 0.226. The number of benzene rings is 1. The van der Waals surface area contributed by atoms with E-state index in [9.17, 15) is 22.2 Å². The lowest BCUT2D eigenvalue weighted by Gasteiger charge is -2.45. The van der Waals surface area contributed by atoms with Gasteiger partial charge in [-0.25, -0.2) is 0 Å². The molecule has 126 valence electrons. The smallest absolute Gasteiger partial charge is 0.332 e. The van der Waals surface area contributed by atoms with Gasteiger partial charge in [-0.1, -0.05) is 0 Å². The fraction of sp³-hybridized carbons (Fsp3) is 0.533. The molecule has 2 aliphatic rings. The number of hydrogen-bond donors (Lipinski definition) is 1. The molecule has 1 N–H and O–H groups in total. The molecule has 6 nitrogen and oxygen atoms in total. The molecule has 23 heavy (non-hydrogen) atoms. The van der Waals surface area contributed by atoms with Crippen molar-refractivity contribution < 1.29 is 26.9 Å². The minimum absolute atomic E-state index is 0.119. The van der Waals surface area contributed by atoms with Crippen LogP contribution >= 0.6 is 0 Å². The van der Waals surface area contributed by atoms with Gasteiger partial charge in [0, 0.05) is 18.5 Å². The number of fused-ring (bicyclic) bond motifs is 1. The molecular formula is C15H18FNO5S. The Morgan fingerprint density at radius 3 is 2.65 bits per heavy atom. The Balaban J connectivity index is 2.16. The van der Waals surface area contributed by atoms with Crippen LogP contribution in [0.5, 0.6) is 5.75 Å². The van der Waals surface area contributed by atoms with Crippen LogP contribution in [0.1, 0.15) is 38.3 Å². The van der Waals surface area contributed by atoms with E-state index in [-0.39, 0.29) is 5.91 Å². The number of likely N-dealkylation sites (tertiary alicyclic amines) is 1. The third kappa shape index (κ3) is 2.70. The molecule has 2 heterocycles. The highest BCUT2D eigenvalue weighted by molar-refractivity contribution is 7.86. The van der Waals surface area contributed by atoms with Crippen molar-refractivity contribution >= 4 is 16.1 Å². The number of nitrogens with zero attached hydrogens (tertiary/aromatic N) is 1. The molecular weight excluding hydrogens is 325 g/mol. The van der Waals surface area contributed by atoms with Gasteiger partial charge in [0.05, 0.1) is 10.9 Å². The van der Waals surface area contributed by atoms with Gasteiger partial charge in [0.2, 0.25) is 5.91 Å². The van der Waals surface area contributed by atoms with E-state index in [1.54, 1.807) is 13.8 Å². The van der Waals surface area contributed by atoms with Gasteiger partial charge in [-0.15, -0.1) is 3.89 Å². The van der Waals surface area contributed by atoms with Gasteiger partial charge in [0.25, 0.3) is 0 Å². The van der Waals surface area contributed by atoms with Crippen LogP contribution in [-0.2, 0) is 15.0 Å². The van der Waals surface area contributed by atoms with E-state index in [2.05, 4.69) is 0 Å². The van der Waals surface area contributed by atoms with E-state index in [0.717, 1.165) is 12.1 Å². The summed E-state index contributed by atoms with van der Waals surface area (Å²) in [7, 11) is -4.88. The zero-order valence-corrected chi connectivity index (χ0v) is 13.6. The maximum atomic E-state index is 13.3. The molecule has 2 aliphatic heterocycles. The maximum absolute atomic E-state index is 13.3. The van der Waals surface area contributed by atoms with Crippen LogP contribution in [0.25, 0.3) is 0 Å². The third-order valence-corrected chi connectivity index (χ3v) is 5.23. The molecule has 0 radical (unpaired) electrons. The number of amides is 1. The summed E-state index contributed by atoms with van der Waals surface area (Å²) in [6.07, 6.45) is -0.0182. The first kappa shape index (κ1) is 16.2. The standard InChI is InChI=1S/C15H18FNO5S/c1-15(2)14(19)13(17-7-3-4-12(17)18)10-8-9(23(16,20)21)5-6-11(10)22-15/h5-6,8,13-14,19H,3-4,7H2,1-2H3/t13-,14+/m1/s1. The Morgan fingerprint density at radius 2 is 2.09 bits per heavy atom. The third-order valence-electron chi connectivity index (χ3n) is 4.41. The second kappa shape index (κ2) is 5.17.